The van der Waals surface area contributed by atoms with Crippen molar-refractivity contribution in [2.75, 3.05) is 34.4 Å². The zero-order valence-corrected chi connectivity index (χ0v) is 21.0. The Morgan fingerprint density at radius 3 is 2.44 bits per heavy atom. The molecule has 4 rings (SSSR count). The first-order valence-electron chi connectivity index (χ1n) is 11.9. The molecule has 0 unspecified atom stereocenters. The lowest BCUT2D eigenvalue weighted by Crippen LogP contribution is -2.23. The monoisotopic (exact) mass is 484 g/mol. The van der Waals surface area contributed by atoms with Gasteiger partial charge in [-0.3, -0.25) is 9.48 Å². The van der Waals surface area contributed by atoms with E-state index in [9.17, 15) is 4.79 Å². The molecule has 3 aromatic carbocycles. The Balaban J connectivity index is 1.49. The third-order valence-corrected chi connectivity index (χ3v) is 5.72. The summed E-state index contributed by atoms with van der Waals surface area (Å²) in [4.78, 5) is 15.4. The van der Waals surface area contributed by atoms with Crippen LogP contribution >= 0.6 is 0 Å². The number of hydrogen-bond acceptors (Lipinski definition) is 5. The molecule has 1 aromatic heterocycles. The molecule has 0 saturated heterocycles. The van der Waals surface area contributed by atoms with E-state index < -0.39 is 0 Å². The summed E-state index contributed by atoms with van der Waals surface area (Å²) in [5.41, 5.74) is 4.06. The summed E-state index contributed by atoms with van der Waals surface area (Å²) in [5.74, 6) is 1.34. The van der Waals surface area contributed by atoms with Crippen molar-refractivity contribution < 1.29 is 14.3 Å². The van der Waals surface area contributed by atoms with E-state index in [1.165, 1.54) is 0 Å². The molecule has 0 radical (unpaired) electrons. The van der Waals surface area contributed by atoms with Crippen molar-refractivity contribution in [2.45, 2.75) is 13.1 Å². The quantitative estimate of drug-likeness (QED) is 0.340. The number of amides is 1. The van der Waals surface area contributed by atoms with Crippen LogP contribution in [0.1, 0.15) is 21.5 Å². The molecule has 7 nitrogen and oxygen atoms in total. The second-order valence-corrected chi connectivity index (χ2v) is 8.78. The number of likely N-dealkylation sites (N-methyl/N-ethyl adjacent to an activating group) is 1. The molecular weight excluding hydrogens is 452 g/mol. The largest absolute Gasteiger partial charge is 0.497 e. The molecule has 0 spiro atoms. The summed E-state index contributed by atoms with van der Waals surface area (Å²) >= 11 is 0. The van der Waals surface area contributed by atoms with Crippen LogP contribution in [0, 0.1) is 0 Å². The zero-order chi connectivity index (χ0) is 25.3. The number of carbonyl (C=O) groups excluding carboxylic acids is 1. The highest BCUT2D eigenvalue weighted by atomic mass is 16.5. The van der Waals surface area contributed by atoms with Crippen molar-refractivity contribution in [3.8, 4) is 22.8 Å². The smallest absolute Gasteiger partial charge is 0.255 e. The van der Waals surface area contributed by atoms with E-state index in [2.05, 4.69) is 10.2 Å². The van der Waals surface area contributed by atoms with Gasteiger partial charge < -0.3 is 19.7 Å². The number of benzene rings is 3. The standard InChI is InChI=1S/C29H32N4O3/c1-32(2)16-17-36-25-14-12-22(13-15-25)19-30-29(34)27-21-33(20-23-8-5-4-6-9-23)31-28(27)24-10-7-11-26(18-24)35-3/h4-15,18,21H,16-17,19-20H2,1-3H3,(H,30,34). The molecule has 7 heteroatoms. The molecule has 0 saturated carbocycles. The number of nitrogens with one attached hydrogen (secondary N) is 1. The van der Waals surface area contributed by atoms with Crippen LogP contribution in [-0.4, -0.2) is 54.9 Å². The lowest BCUT2D eigenvalue weighted by molar-refractivity contribution is 0.0951. The van der Waals surface area contributed by atoms with Gasteiger partial charge in [-0.05, 0) is 49.5 Å². The average Bonchev–Trinajstić information content (AvgIpc) is 3.32. The fraction of sp³-hybridized carbons (Fsp3) is 0.241. The van der Waals surface area contributed by atoms with Crippen LogP contribution in [-0.2, 0) is 13.1 Å². The van der Waals surface area contributed by atoms with Crippen molar-refractivity contribution in [2.24, 2.45) is 0 Å². The number of aromatic nitrogens is 2. The van der Waals surface area contributed by atoms with Crippen LogP contribution in [0.2, 0.25) is 0 Å². The van der Waals surface area contributed by atoms with E-state index >= 15 is 0 Å². The number of nitrogens with zero attached hydrogens (tertiary/aromatic N) is 3. The van der Waals surface area contributed by atoms with Gasteiger partial charge in [0.05, 0.1) is 19.2 Å². The van der Waals surface area contributed by atoms with Crippen LogP contribution in [0.5, 0.6) is 11.5 Å². The molecule has 36 heavy (non-hydrogen) atoms. The van der Waals surface area contributed by atoms with Crippen LogP contribution in [0.25, 0.3) is 11.3 Å². The summed E-state index contributed by atoms with van der Waals surface area (Å²) in [7, 11) is 5.65. The van der Waals surface area contributed by atoms with E-state index in [-0.39, 0.29) is 5.91 Å². The molecule has 0 aliphatic heterocycles. The van der Waals surface area contributed by atoms with Crippen molar-refractivity contribution in [1.29, 1.82) is 0 Å². The number of ether oxygens (including phenoxy) is 2. The van der Waals surface area contributed by atoms with Gasteiger partial charge >= 0.3 is 0 Å². The predicted molar refractivity (Wildman–Crippen MR) is 141 cm³/mol. The van der Waals surface area contributed by atoms with Gasteiger partial charge in [0.1, 0.15) is 23.8 Å². The Morgan fingerprint density at radius 1 is 0.944 bits per heavy atom. The maximum absolute atomic E-state index is 13.3. The third-order valence-electron chi connectivity index (χ3n) is 5.72. The van der Waals surface area contributed by atoms with Crippen LogP contribution in [0.15, 0.2) is 85.1 Å². The summed E-state index contributed by atoms with van der Waals surface area (Å²) < 4.78 is 12.9. The van der Waals surface area contributed by atoms with Crippen molar-refractivity contribution in [1.82, 2.24) is 20.0 Å². The van der Waals surface area contributed by atoms with Gasteiger partial charge in [0.25, 0.3) is 5.91 Å². The Kier molecular flexibility index (Phi) is 8.36. The predicted octanol–water partition coefficient (Wildman–Crippen LogP) is 4.48. The Bertz CT molecular complexity index is 1270. The fourth-order valence-electron chi connectivity index (χ4n) is 3.75. The van der Waals surface area contributed by atoms with Gasteiger partial charge in [0, 0.05) is 24.8 Å². The fourth-order valence-corrected chi connectivity index (χ4v) is 3.75. The van der Waals surface area contributed by atoms with Gasteiger partial charge in [-0.15, -0.1) is 0 Å². The van der Waals surface area contributed by atoms with Crippen LogP contribution < -0.4 is 14.8 Å². The first-order valence-corrected chi connectivity index (χ1v) is 11.9. The van der Waals surface area contributed by atoms with Gasteiger partial charge in [0.2, 0.25) is 0 Å². The zero-order valence-electron chi connectivity index (χ0n) is 21.0. The van der Waals surface area contributed by atoms with E-state index in [1.807, 2.05) is 93.0 Å². The van der Waals surface area contributed by atoms with Gasteiger partial charge in [-0.25, -0.2) is 0 Å². The Hall–Kier alpha value is -4.10. The van der Waals surface area contributed by atoms with Gasteiger partial charge in [0.15, 0.2) is 0 Å². The molecule has 1 heterocycles. The summed E-state index contributed by atoms with van der Waals surface area (Å²) in [6, 6.07) is 25.4. The van der Waals surface area contributed by atoms with E-state index in [0.717, 1.165) is 29.0 Å². The molecule has 0 aliphatic carbocycles. The van der Waals surface area contributed by atoms with Crippen molar-refractivity contribution in [3.05, 3.63) is 102 Å². The minimum Gasteiger partial charge on any atom is -0.497 e. The third kappa shape index (κ3) is 6.73. The summed E-state index contributed by atoms with van der Waals surface area (Å²) in [6.45, 7) is 2.45. The Labute approximate surface area is 212 Å². The molecule has 1 N–H and O–H groups in total. The number of methoxy groups -OCH3 is 1. The topological polar surface area (TPSA) is 68.6 Å². The number of hydrogen-bond donors (Lipinski definition) is 1. The lowest BCUT2D eigenvalue weighted by Gasteiger charge is -2.11. The maximum Gasteiger partial charge on any atom is 0.255 e. The highest BCUT2D eigenvalue weighted by Crippen LogP contribution is 2.26. The molecule has 0 atom stereocenters. The van der Waals surface area contributed by atoms with E-state index in [1.54, 1.807) is 18.0 Å². The lowest BCUT2D eigenvalue weighted by atomic mass is 10.1. The first kappa shape index (κ1) is 25.0. The number of rotatable bonds is 11. The van der Waals surface area contributed by atoms with Crippen molar-refractivity contribution >= 4 is 5.91 Å². The molecule has 4 aromatic rings. The highest BCUT2D eigenvalue weighted by Gasteiger charge is 2.18. The van der Waals surface area contributed by atoms with Crippen LogP contribution in [0.3, 0.4) is 0 Å². The van der Waals surface area contributed by atoms with E-state index in [4.69, 9.17) is 14.6 Å². The second kappa shape index (κ2) is 12.0. The van der Waals surface area contributed by atoms with Crippen LogP contribution in [0.4, 0.5) is 0 Å². The van der Waals surface area contributed by atoms with Gasteiger partial charge in [-0.1, -0.05) is 54.6 Å². The second-order valence-electron chi connectivity index (χ2n) is 8.78. The molecule has 0 fully saturated rings. The average molecular weight is 485 g/mol. The first-order chi connectivity index (χ1) is 17.5. The molecule has 1 amide bonds. The molecular formula is C29H32N4O3. The minimum atomic E-state index is -0.182. The molecule has 0 aliphatic rings. The Morgan fingerprint density at radius 2 is 1.72 bits per heavy atom. The minimum absolute atomic E-state index is 0.182. The summed E-state index contributed by atoms with van der Waals surface area (Å²) in [5, 5.41) is 7.80. The van der Waals surface area contributed by atoms with E-state index in [0.29, 0.717) is 36.7 Å². The molecule has 186 valence electrons. The molecule has 0 bridgehead atoms. The maximum atomic E-state index is 13.3. The highest BCUT2D eigenvalue weighted by molar-refractivity contribution is 5.99. The normalized spacial score (nSPS) is 10.9. The number of carbonyl (C=O) groups is 1. The SMILES string of the molecule is COc1cccc(-c2nn(Cc3ccccc3)cc2C(=O)NCc2ccc(OCCN(C)C)cc2)c1. The summed E-state index contributed by atoms with van der Waals surface area (Å²) in [6.07, 6.45) is 1.80. The van der Waals surface area contributed by atoms with Crippen molar-refractivity contribution in [3.63, 3.8) is 0 Å². The van der Waals surface area contributed by atoms with Gasteiger partial charge in [-0.2, -0.15) is 5.10 Å².